The molecule has 0 fully saturated rings. The molecule has 12 rings (SSSR count). The van der Waals surface area contributed by atoms with Gasteiger partial charge in [0.25, 0.3) is 0 Å². The summed E-state index contributed by atoms with van der Waals surface area (Å²) >= 11 is 0. The second kappa shape index (κ2) is 35.3. The van der Waals surface area contributed by atoms with Crippen molar-refractivity contribution in [3.63, 3.8) is 0 Å². The lowest BCUT2D eigenvalue weighted by molar-refractivity contribution is 0.0982. The number of carbonyl (C=O) groups is 1. The molecule has 0 radical (unpaired) electrons. The maximum Gasteiger partial charge on any atom is 0.166 e. The van der Waals surface area contributed by atoms with Crippen molar-refractivity contribution in [2.24, 2.45) is 0 Å². The van der Waals surface area contributed by atoms with Gasteiger partial charge in [0.2, 0.25) is 0 Å². The number of nitrogens with one attached hydrogen (secondary N) is 6. The van der Waals surface area contributed by atoms with E-state index in [-0.39, 0.29) is 5.78 Å². The van der Waals surface area contributed by atoms with Crippen LogP contribution >= 0.6 is 0 Å². The summed E-state index contributed by atoms with van der Waals surface area (Å²) in [6.45, 7) is 38.1. The summed E-state index contributed by atoms with van der Waals surface area (Å²) < 4.78 is 33.4. The van der Waals surface area contributed by atoms with E-state index in [2.05, 4.69) is 133 Å². The maximum atomic E-state index is 11.9. The number of allylic oxidation sites excluding steroid dienone is 1. The van der Waals surface area contributed by atoms with Gasteiger partial charge in [-0.05, 0) is 101 Å². The Morgan fingerprint density at radius 3 is 1.28 bits per heavy atom. The second-order valence-electron chi connectivity index (χ2n) is 20.8. The SMILES string of the molecule is C=CCCC(=O)c1cccc2c1CNC2.C=CCCOc1cccc2c1CNC2.C=CCCOc1cccc2c1CNC2.C=CCOc1c(OC)ccc2c1CNC2.C=CCOc1cc(C)cc2c1CNC2.C=CCOc1cccc2c1CNC2. The van der Waals surface area contributed by atoms with Crippen molar-refractivity contribution in [3.05, 3.63) is 251 Å². The van der Waals surface area contributed by atoms with Gasteiger partial charge in [0.15, 0.2) is 17.3 Å². The predicted molar refractivity (Wildman–Crippen MR) is 345 cm³/mol. The molecule has 13 heteroatoms. The highest BCUT2D eigenvalue weighted by Crippen LogP contribution is 2.36. The zero-order valence-electron chi connectivity index (χ0n) is 50.2. The summed E-state index contributed by atoms with van der Waals surface area (Å²) in [5.74, 6) is 5.91. The first-order chi connectivity index (χ1) is 41.7. The number of ketones is 1. The largest absolute Gasteiger partial charge is 0.493 e. The number of aryl methyl sites for hydroxylation is 1. The van der Waals surface area contributed by atoms with Crippen molar-refractivity contribution in [2.45, 2.75) is 111 Å². The molecule has 0 aliphatic carbocycles. The second-order valence-corrected chi connectivity index (χ2v) is 20.8. The summed E-state index contributed by atoms with van der Waals surface area (Å²) in [7, 11) is 1.66. The van der Waals surface area contributed by atoms with E-state index in [1.54, 1.807) is 31.4 Å². The summed E-state index contributed by atoms with van der Waals surface area (Å²) in [6, 6.07) is 33.0. The average Bonchev–Trinajstić information content (AvgIpc) is 4.63. The molecule has 85 heavy (non-hydrogen) atoms. The first kappa shape index (κ1) is 64.5. The summed E-state index contributed by atoms with van der Waals surface area (Å²) in [5.41, 5.74) is 17.8. The molecule has 6 aliphatic heterocycles. The van der Waals surface area contributed by atoms with Crippen molar-refractivity contribution in [2.75, 3.05) is 40.1 Å². The summed E-state index contributed by atoms with van der Waals surface area (Å²) in [6.07, 6.45) is 14.0. The Hall–Kier alpha value is -8.01. The van der Waals surface area contributed by atoms with Crippen LogP contribution < -0.4 is 60.3 Å². The molecule has 0 spiro atoms. The van der Waals surface area contributed by atoms with E-state index in [4.69, 9.17) is 28.4 Å². The van der Waals surface area contributed by atoms with Gasteiger partial charge in [-0.25, -0.2) is 0 Å². The minimum absolute atomic E-state index is 0.232. The van der Waals surface area contributed by atoms with Gasteiger partial charge in [-0.2, -0.15) is 0 Å². The van der Waals surface area contributed by atoms with Crippen LogP contribution in [0.25, 0.3) is 0 Å². The number of rotatable bonds is 22. The zero-order valence-corrected chi connectivity index (χ0v) is 50.2. The number of benzene rings is 6. The molecule has 6 aromatic carbocycles. The standard InChI is InChI=1S/C13H15NO.C12H15NO2.3C12H15NO.C11H13NO/c1-2-3-7-13(15)11-6-4-5-10-8-14-9-12(10)11;1-3-6-15-12-10-8-13-7-9(10)4-5-11(12)14-2;1-3-4-14-12-6-9(2)5-10-7-13-8-11(10)12;2*1-2-3-7-14-12-6-4-5-10-8-13-9-11(10)12;1-2-6-13-11-5-3-4-9-7-12-8-10(9)11/h2,4-6,14H,1,3,7-9H2;3-5,13H,1,6-8H2,2H3;3,5-6,13H,1,4,7-8H2,2H3;2*2,4-6,13H,1,3,7-9H2;2-5,12H,1,6-8H2. The van der Waals surface area contributed by atoms with Crippen LogP contribution in [0.5, 0.6) is 34.5 Å². The molecule has 0 aromatic heterocycles. The Morgan fingerprint density at radius 1 is 0.400 bits per heavy atom. The Morgan fingerprint density at radius 2 is 0.800 bits per heavy atom. The van der Waals surface area contributed by atoms with E-state index in [1.165, 1.54) is 72.3 Å². The lowest BCUT2D eigenvalue weighted by Crippen LogP contribution is -2.05. The van der Waals surface area contributed by atoms with Crippen LogP contribution in [0.2, 0.25) is 0 Å². The lowest BCUT2D eigenvalue weighted by Gasteiger charge is -2.13. The van der Waals surface area contributed by atoms with E-state index in [1.807, 2.05) is 54.6 Å². The summed E-state index contributed by atoms with van der Waals surface area (Å²) in [5, 5.41) is 19.8. The normalized spacial score (nSPS) is 13.7. The zero-order chi connectivity index (χ0) is 60.0. The van der Waals surface area contributed by atoms with Crippen LogP contribution in [0.4, 0.5) is 0 Å². The predicted octanol–water partition coefficient (Wildman–Crippen LogP) is 12.8. The number of hydrogen-bond donors (Lipinski definition) is 6. The molecule has 0 unspecified atom stereocenters. The Balaban J connectivity index is 0.000000146. The van der Waals surface area contributed by atoms with Crippen LogP contribution in [0.15, 0.2) is 173 Å². The van der Waals surface area contributed by atoms with Gasteiger partial charge in [-0.1, -0.05) is 123 Å². The van der Waals surface area contributed by atoms with E-state index >= 15 is 0 Å². The van der Waals surface area contributed by atoms with E-state index in [0.29, 0.717) is 26.2 Å². The Labute approximate surface area is 505 Å². The number of Topliss-reactive ketones (excluding diaryl/α,β-unsaturated/α-hetero) is 1. The van der Waals surface area contributed by atoms with Gasteiger partial charge in [0.05, 0.1) is 20.3 Å². The third-order valence-electron chi connectivity index (χ3n) is 14.7. The van der Waals surface area contributed by atoms with Crippen LogP contribution in [0.1, 0.15) is 108 Å². The molecule has 448 valence electrons. The van der Waals surface area contributed by atoms with Gasteiger partial charge < -0.3 is 60.3 Å². The van der Waals surface area contributed by atoms with E-state index in [9.17, 15) is 4.79 Å². The van der Waals surface area contributed by atoms with Crippen molar-refractivity contribution >= 4 is 5.78 Å². The number of ether oxygens (including phenoxy) is 6. The fourth-order valence-electron chi connectivity index (χ4n) is 10.5. The Kier molecular flexibility index (Phi) is 26.8. The van der Waals surface area contributed by atoms with Gasteiger partial charge >= 0.3 is 0 Å². The van der Waals surface area contributed by atoms with Crippen molar-refractivity contribution in [3.8, 4) is 34.5 Å². The molecular weight excluding hydrogens is 1060 g/mol. The van der Waals surface area contributed by atoms with Crippen LogP contribution in [-0.2, 0) is 78.5 Å². The van der Waals surface area contributed by atoms with Crippen molar-refractivity contribution in [1.29, 1.82) is 0 Å². The highest BCUT2D eigenvalue weighted by Gasteiger charge is 2.21. The van der Waals surface area contributed by atoms with E-state index in [0.717, 1.165) is 151 Å². The third kappa shape index (κ3) is 18.7. The van der Waals surface area contributed by atoms with Gasteiger partial charge in [0.1, 0.15) is 42.8 Å². The fourth-order valence-corrected chi connectivity index (χ4v) is 10.5. The van der Waals surface area contributed by atoms with Crippen LogP contribution in [0.3, 0.4) is 0 Å². The van der Waals surface area contributed by atoms with E-state index < -0.39 is 0 Å². The third-order valence-corrected chi connectivity index (χ3v) is 14.7. The van der Waals surface area contributed by atoms with Crippen molar-refractivity contribution < 1.29 is 33.2 Å². The van der Waals surface area contributed by atoms with Gasteiger partial charge in [0, 0.05) is 118 Å². The molecule has 13 nitrogen and oxygen atoms in total. The highest BCUT2D eigenvalue weighted by molar-refractivity contribution is 5.98. The number of methoxy groups -OCH3 is 1. The minimum Gasteiger partial charge on any atom is -0.493 e. The molecule has 6 N–H and O–H groups in total. The average molecular weight is 1150 g/mol. The first-order valence-corrected chi connectivity index (χ1v) is 29.6. The smallest absolute Gasteiger partial charge is 0.166 e. The summed E-state index contributed by atoms with van der Waals surface area (Å²) in [4.78, 5) is 11.9. The Bertz CT molecular complexity index is 3140. The monoisotopic (exact) mass is 1150 g/mol. The van der Waals surface area contributed by atoms with Crippen LogP contribution in [0, 0.1) is 6.92 Å². The maximum absolute atomic E-state index is 11.9. The quantitative estimate of drug-likeness (QED) is 0.0218. The molecule has 6 heterocycles. The molecule has 0 amide bonds. The number of fused-ring (bicyclic) bond motifs is 6. The molecule has 6 aliphatic rings. The molecule has 0 saturated heterocycles. The highest BCUT2D eigenvalue weighted by atomic mass is 16.5. The van der Waals surface area contributed by atoms with Gasteiger partial charge in [-0.3, -0.25) is 4.79 Å². The molecule has 0 atom stereocenters. The van der Waals surface area contributed by atoms with Gasteiger partial charge in [-0.15, -0.1) is 19.7 Å². The topological polar surface area (TPSA) is 145 Å². The number of carbonyl (C=O) groups excluding carboxylic acids is 1. The minimum atomic E-state index is 0.232. The van der Waals surface area contributed by atoms with Crippen LogP contribution in [-0.4, -0.2) is 45.9 Å². The molecular formula is C72H88N6O7. The van der Waals surface area contributed by atoms with Crippen molar-refractivity contribution in [1.82, 2.24) is 31.9 Å². The molecule has 0 saturated carbocycles. The molecule has 0 bridgehead atoms. The first-order valence-electron chi connectivity index (χ1n) is 29.6. The number of hydrogen-bond acceptors (Lipinski definition) is 13. The lowest BCUT2D eigenvalue weighted by atomic mass is 9.98. The fraction of sp³-hybridized carbons (Fsp3) is 0.319. The molecule has 6 aromatic rings.